The quantitative estimate of drug-likeness (QED) is 0.810. The number of aryl methyl sites for hydroxylation is 1. The predicted octanol–water partition coefficient (Wildman–Crippen LogP) is 0.162. The van der Waals surface area contributed by atoms with E-state index in [-0.39, 0.29) is 23.5 Å². The van der Waals surface area contributed by atoms with Gasteiger partial charge in [-0.25, -0.2) is 18.4 Å². The first-order valence-corrected chi connectivity index (χ1v) is 10.5. The molecule has 2 aliphatic rings. The summed E-state index contributed by atoms with van der Waals surface area (Å²) in [6, 6.07) is 1.47. The van der Waals surface area contributed by atoms with Gasteiger partial charge < -0.3 is 15.1 Å². The zero-order valence-electron chi connectivity index (χ0n) is 14.7. The largest absolute Gasteiger partial charge is 0.366 e. The van der Waals surface area contributed by atoms with Crippen molar-refractivity contribution >= 4 is 21.6 Å². The van der Waals surface area contributed by atoms with Crippen LogP contribution in [0.25, 0.3) is 0 Å². The molecule has 0 aliphatic carbocycles. The van der Waals surface area contributed by atoms with Crippen LogP contribution in [-0.4, -0.2) is 84.4 Å². The lowest BCUT2D eigenvalue weighted by Gasteiger charge is -2.33. The van der Waals surface area contributed by atoms with Crippen molar-refractivity contribution in [3.8, 4) is 0 Å². The Labute approximate surface area is 148 Å². The standard InChI is InChI=1S/C16H25N5O3S/c1-3-20-5-7-21(8-6-20)16(22)14-10-15(18-12(2)17-14)19-13-4-9-25(23,24)11-13/h10,13H,3-9,11H2,1-2H3,(H,17,18,19). The van der Waals surface area contributed by atoms with E-state index in [1.54, 1.807) is 13.0 Å². The monoisotopic (exact) mass is 367 g/mol. The molecule has 0 aromatic carbocycles. The first-order chi connectivity index (χ1) is 11.9. The SMILES string of the molecule is CCN1CCN(C(=O)c2cc(NC3CCS(=O)(=O)C3)nc(C)n2)CC1. The number of aromatic nitrogens is 2. The lowest BCUT2D eigenvalue weighted by Crippen LogP contribution is -2.48. The Kier molecular flexibility index (Phi) is 5.24. The fourth-order valence-corrected chi connectivity index (χ4v) is 4.97. The molecule has 9 heteroatoms. The Balaban J connectivity index is 1.70. The van der Waals surface area contributed by atoms with Gasteiger partial charge in [0.25, 0.3) is 5.91 Å². The van der Waals surface area contributed by atoms with E-state index < -0.39 is 9.84 Å². The zero-order valence-corrected chi connectivity index (χ0v) is 15.5. The second kappa shape index (κ2) is 7.25. The average molecular weight is 367 g/mol. The zero-order chi connectivity index (χ0) is 18.0. The molecule has 0 spiro atoms. The lowest BCUT2D eigenvalue weighted by molar-refractivity contribution is 0.0637. The molecule has 1 unspecified atom stereocenters. The number of nitrogens with one attached hydrogen (secondary N) is 1. The first-order valence-electron chi connectivity index (χ1n) is 8.70. The van der Waals surface area contributed by atoms with Gasteiger partial charge in [-0.05, 0) is 19.9 Å². The summed E-state index contributed by atoms with van der Waals surface area (Å²) in [5, 5.41) is 3.14. The number of anilines is 1. The maximum absolute atomic E-state index is 12.7. The Morgan fingerprint density at radius 3 is 2.60 bits per heavy atom. The molecule has 3 rings (SSSR count). The van der Waals surface area contributed by atoms with Crippen LogP contribution in [0.4, 0.5) is 5.82 Å². The van der Waals surface area contributed by atoms with Crippen LogP contribution in [0.15, 0.2) is 6.07 Å². The van der Waals surface area contributed by atoms with Crippen LogP contribution in [0.5, 0.6) is 0 Å². The third-order valence-corrected chi connectivity index (χ3v) is 6.52. The van der Waals surface area contributed by atoms with Crippen LogP contribution >= 0.6 is 0 Å². The van der Waals surface area contributed by atoms with Gasteiger partial charge in [0, 0.05) is 38.3 Å². The fourth-order valence-electron chi connectivity index (χ4n) is 3.30. The second-order valence-electron chi connectivity index (χ2n) is 6.66. The van der Waals surface area contributed by atoms with Gasteiger partial charge in [-0.1, -0.05) is 6.92 Å². The third kappa shape index (κ3) is 4.46. The molecule has 0 radical (unpaired) electrons. The van der Waals surface area contributed by atoms with Crippen molar-refractivity contribution in [1.29, 1.82) is 0 Å². The Morgan fingerprint density at radius 1 is 1.28 bits per heavy atom. The third-order valence-electron chi connectivity index (χ3n) is 4.75. The molecule has 0 bridgehead atoms. The van der Waals surface area contributed by atoms with Gasteiger partial charge in [-0.3, -0.25) is 4.79 Å². The number of carbonyl (C=O) groups is 1. The molecular weight excluding hydrogens is 342 g/mol. The van der Waals surface area contributed by atoms with E-state index in [4.69, 9.17) is 0 Å². The summed E-state index contributed by atoms with van der Waals surface area (Å²) in [6.07, 6.45) is 0.563. The molecule has 8 nitrogen and oxygen atoms in total. The van der Waals surface area contributed by atoms with Crippen molar-refractivity contribution in [2.75, 3.05) is 49.5 Å². The topological polar surface area (TPSA) is 95.5 Å². The van der Waals surface area contributed by atoms with Gasteiger partial charge in [-0.2, -0.15) is 0 Å². The van der Waals surface area contributed by atoms with E-state index in [1.807, 2.05) is 4.90 Å². The van der Waals surface area contributed by atoms with E-state index in [0.717, 1.165) is 19.6 Å². The predicted molar refractivity (Wildman–Crippen MR) is 95.5 cm³/mol. The van der Waals surface area contributed by atoms with E-state index in [0.29, 0.717) is 36.8 Å². The van der Waals surface area contributed by atoms with E-state index in [9.17, 15) is 13.2 Å². The molecule has 2 saturated heterocycles. The van der Waals surface area contributed by atoms with Gasteiger partial charge in [0.2, 0.25) is 0 Å². The molecule has 1 N–H and O–H groups in total. The van der Waals surface area contributed by atoms with Crippen molar-refractivity contribution in [2.24, 2.45) is 0 Å². The van der Waals surface area contributed by atoms with Crippen molar-refractivity contribution in [2.45, 2.75) is 26.3 Å². The summed E-state index contributed by atoms with van der Waals surface area (Å²) >= 11 is 0. The van der Waals surface area contributed by atoms with Gasteiger partial charge in [0.05, 0.1) is 11.5 Å². The smallest absolute Gasteiger partial charge is 0.272 e. The van der Waals surface area contributed by atoms with Crippen LogP contribution in [0, 0.1) is 6.92 Å². The van der Waals surface area contributed by atoms with Crippen LogP contribution in [0.3, 0.4) is 0 Å². The van der Waals surface area contributed by atoms with E-state index in [1.165, 1.54) is 0 Å². The van der Waals surface area contributed by atoms with Crippen molar-refractivity contribution in [3.63, 3.8) is 0 Å². The van der Waals surface area contributed by atoms with Crippen molar-refractivity contribution in [1.82, 2.24) is 19.8 Å². The van der Waals surface area contributed by atoms with Gasteiger partial charge in [-0.15, -0.1) is 0 Å². The average Bonchev–Trinajstić information content (AvgIpc) is 2.92. The maximum Gasteiger partial charge on any atom is 0.272 e. The molecule has 25 heavy (non-hydrogen) atoms. The van der Waals surface area contributed by atoms with Crippen LogP contribution in [0.2, 0.25) is 0 Å². The second-order valence-corrected chi connectivity index (χ2v) is 8.89. The highest BCUT2D eigenvalue weighted by molar-refractivity contribution is 7.91. The van der Waals surface area contributed by atoms with Crippen molar-refractivity contribution < 1.29 is 13.2 Å². The highest BCUT2D eigenvalue weighted by atomic mass is 32.2. The molecule has 3 heterocycles. The molecule has 1 aromatic rings. The Bertz CT molecular complexity index is 744. The molecule has 2 fully saturated rings. The molecule has 2 aliphatic heterocycles. The Hall–Kier alpha value is -1.74. The summed E-state index contributed by atoms with van der Waals surface area (Å²) in [5.41, 5.74) is 0.362. The highest BCUT2D eigenvalue weighted by Crippen LogP contribution is 2.18. The summed E-state index contributed by atoms with van der Waals surface area (Å²) in [4.78, 5) is 25.4. The number of likely N-dealkylation sites (N-methyl/N-ethyl adjacent to an activating group) is 1. The van der Waals surface area contributed by atoms with E-state index in [2.05, 4.69) is 27.1 Å². The maximum atomic E-state index is 12.7. The lowest BCUT2D eigenvalue weighted by atomic mass is 10.2. The molecule has 1 aromatic heterocycles. The molecular formula is C16H25N5O3S. The Morgan fingerprint density at radius 2 is 2.00 bits per heavy atom. The van der Waals surface area contributed by atoms with Gasteiger partial charge >= 0.3 is 0 Å². The number of amides is 1. The number of sulfone groups is 1. The van der Waals surface area contributed by atoms with E-state index >= 15 is 0 Å². The van der Waals surface area contributed by atoms with Gasteiger partial charge in [0.15, 0.2) is 9.84 Å². The minimum absolute atomic E-state index is 0.0941. The van der Waals surface area contributed by atoms with Crippen LogP contribution in [-0.2, 0) is 9.84 Å². The molecule has 138 valence electrons. The molecule has 1 amide bonds. The minimum atomic E-state index is -2.96. The normalized spacial score (nSPS) is 23.6. The number of rotatable bonds is 4. The summed E-state index contributed by atoms with van der Waals surface area (Å²) in [7, 11) is -2.96. The number of carbonyl (C=O) groups excluding carboxylic acids is 1. The summed E-state index contributed by atoms with van der Waals surface area (Å²) in [6.45, 7) is 7.98. The summed E-state index contributed by atoms with van der Waals surface area (Å²) in [5.74, 6) is 1.23. The minimum Gasteiger partial charge on any atom is -0.366 e. The van der Waals surface area contributed by atoms with Crippen LogP contribution < -0.4 is 5.32 Å². The molecule has 0 saturated carbocycles. The number of hydrogen-bond acceptors (Lipinski definition) is 7. The first kappa shape index (κ1) is 18.1. The van der Waals surface area contributed by atoms with Crippen LogP contribution in [0.1, 0.15) is 29.7 Å². The van der Waals surface area contributed by atoms with Gasteiger partial charge in [0.1, 0.15) is 17.3 Å². The number of nitrogens with zero attached hydrogens (tertiary/aromatic N) is 4. The molecule has 1 atom stereocenters. The number of piperazine rings is 1. The fraction of sp³-hybridized carbons (Fsp3) is 0.688. The summed E-state index contributed by atoms with van der Waals surface area (Å²) < 4.78 is 23.2. The number of hydrogen-bond donors (Lipinski definition) is 1. The highest BCUT2D eigenvalue weighted by Gasteiger charge is 2.28. The van der Waals surface area contributed by atoms with Crippen molar-refractivity contribution in [3.05, 3.63) is 17.6 Å².